The summed E-state index contributed by atoms with van der Waals surface area (Å²) in [5, 5.41) is 0. The Balaban J connectivity index is 1.36. The molecule has 3 heterocycles. The van der Waals surface area contributed by atoms with Gasteiger partial charge in [0.15, 0.2) is 0 Å². The molecule has 0 radical (unpaired) electrons. The number of carbonyl (C=O) groups excluding carboxylic acids is 1. The largest absolute Gasteiger partial charge is 0.342 e. The molecule has 3 aromatic rings. The summed E-state index contributed by atoms with van der Waals surface area (Å²) in [6.07, 6.45) is 5.64. The number of aryl methyl sites for hydroxylation is 1. The molecule has 8 heteroatoms. The Kier molecular flexibility index (Phi) is 5.65. The summed E-state index contributed by atoms with van der Waals surface area (Å²) < 4.78 is 2.18. The zero-order chi connectivity index (χ0) is 21.1. The fourth-order valence-corrected chi connectivity index (χ4v) is 4.05. The number of rotatable bonds is 5. The first-order chi connectivity index (χ1) is 14.5. The van der Waals surface area contributed by atoms with Gasteiger partial charge in [0.05, 0.1) is 6.42 Å². The standard InChI is InChI=1S/C22H25N5O3/c1-15-18(21(29)25-22(30)24-15)13-19(28)26-10-7-16(8-11-26)14-27-12-9-23-20(27)17-5-3-2-4-6-17/h2-6,9,12,16H,7-8,10-11,13-14H2,1H3,(H2,24,25,29,30). The third-order valence-corrected chi connectivity index (χ3v) is 5.75. The molecule has 1 saturated heterocycles. The third-order valence-electron chi connectivity index (χ3n) is 5.75. The smallest absolute Gasteiger partial charge is 0.325 e. The SMILES string of the molecule is Cc1[nH]c(=O)[nH]c(=O)c1CC(=O)N1CCC(Cn2ccnc2-c2ccccc2)CC1. The van der Waals surface area contributed by atoms with Crippen molar-refractivity contribution in [1.82, 2.24) is 24.4 Å². The number of nitrogens with zero attached hydrogens (tertiary/aromatic N) is 3. The van der Waals surface area contributed by atoms with E-state index in [0.717, 1.165) is 30.8 Å². The van der Waals surface area contributed by atoms with Gasteiger partial charge < -0.3 is 14.5 Å². The first kappa shape index (κ1) is 19.9. The molecule has 0 aliphatic carbocycles. The molecule has 0 saturated carbocycles. The van der Waals surface area contributed by atoms with Gasteiger partial charge in [0, 0.05) is 48.8 Å². The van der Waals surface area contributed by atoms with Crippen LogP contribution in [0.5, 0.6) is 0 Å². The van der Waals surface area contributed by atoms with E-state index in [1.807, 2.05) is 35.5 Å². The van der Waals surface area contributed by atoms with Crippen molar-refractivity contribution in [3.63, 3.8) is 0 Å². The first-order valence-electron chi connectivity index (χ1n) is 10.2. The summed E-state index contributed by atoms with van der Waals surface area (Å²) >= 11 is 0. The van der Waals surface area contributed by atoms with Gasteiger partial charge in [-0.1, -0.05) is 30.3 Å². The van der Waals surface area contributed by atoms with Gasteiger partial charge in [-0.25, -0.2) is 9.78 Å². The minimum Gasteiger partial charge on any atom is -0.342 e. The molecule has 4 rings (SSSR count). The predicted octanol–water partition coefficient (Wildman–Crippen LogP) is 1.72. The molecule has 1 aliphatic heterocycles. The van der Waals surface area contributed by atoms with Gasteiger partial charge in [0.2, 0.25) is 5.91 Å². The van der Waals surface area contributed by atoms with Crippen LogP contribution in [-0.4, -0.2) is 43.4 Å². The third kappa shape index (κ3) is 4.27. The normalized spacial score (nSPS) is 14.8. The molecule has 2 aromatic heterocycles. The maximum Gasteiger partial charge on any atom is 0.325 e. The lowest BCUT2D eigenvalue weighted by molar-refractivity contribution is -0.131. The van der Waals surface area contributed by atoms with Gasteiger partial charge in [0.1, 0.15) is 5.82 Å². The highest BCUT2D eigenvalue weighted by molar-refractivity contribution is 5.79. The van der Waals surface area contributed by atoms with Crippen molar-refractivity contribution in [3.8, 4) is 11.4 Å². The number of imidazole rings is 1. The number of nitrogens with one attached hydrogen (secondary N) is 2. The number of aromatic amines is 2. The molecular formula is C22H25N5O3. The van der Waals surface area contributed by atoms with Crippen LogP contribution in [0.4, 0.5) is 0 Å². The van der Waals surface area contributed by atoms with Crippen LogP contribution in [0.25, 0.3) is 11.4 Å². The zero-order valence-electron chi connectivity index (χ0n) is 16.9. The van der Waals surface area contributed by atoms with Crippen molar-refractivity contribution in [2.75, 3.05) is 13.1 Å². The van der Waals surface area contributed by atoms with Gasteiger partial charge in [-0.05, 0) is 25.7 Å². The monoisotopic (exact) mass is 407 g/mol. The molecule has 2 N–H and O–H groups in total. The lowest BCUT2D eigenvalue weighted by Gasteiger charge is -2.32. The lowest BCUT2D eigenvalue weighted by atomic mass is 9.96. The van der Waals surface area contributed by atoms with E-state index in [2.05, 4.69) is 31.7 Å². The summed E-state index contributed by atoms with van der Waals surface area (Å²) in [6.45, 7) is 3.84. The van der Waals surface area contributed by atoms with E-state index in [0.29, 0.717) is 30.3 Å². The molecule has 0 unspecified atom stereocenters. The average Bonchev–Trinajstić information content (AvgIpc) is 3.20. The maximum atomic E-state index is 12.7. The molecule has 30 heavy (non-hydrogen) atoms. The number of hydrogen-bond donors (Lipinski definition) is 2. The maximum absolute atomic E-state index is 12.7. The Hall–Kier alpha value is -3.42. The minimum atomic E-state index is -0.552. The summed E-state index contributed by atoms with van der Waals surface area (Å²) in [4.78, 5) is 47.1. The average molecular weight is 407 g/mol. The van der Waals surface area contributed by atoms with Gasteiger partial charge in [-0.15, -0.1) is 0 Å². The molecule has 0 atom stereocenters. The number of benzene rings is 1. The van der Waals surface area contributed by atoms with Crippen LogP contribution in [0.1, 0.15) is 24.1 Å². The van der Waals surface area contributed by atoms with Crippen LogP contribution in [0.3, 0.4) is 0 Å². The molecule has 156 valence electrons. The second kappa shape index (κ2) is 8.52. The van der Waals surface area contributed by atoms with E-state index in [9.17, 15) is 14.4 Å². The molecule has 1 aliphatic rings. The fraction of sp³-hybridized carbons (Fsp3) is 0.364. The molecule has 0 spiro atoms. The zero-order valence-corrected chi connectivity index (χ0v) is 16.9. The number of carbonyl (C=O) groups is 1. The van der Waals surface area contributed by atoms with Crippen LogP contribution in [0.2, 0.25) is 0 Å². The highest BCUT2D eigenvalue weighted by Crippen LogP contribution is 2.23. The second-order valence-electron chi connectivity index (χ2n) is 7.78. The van der Waals surface area contributed by atoms with Crippen molar-refractivity contribution in [2.45, 2.75) is 32.7 Å². The van der Waals surface area contributed by atoms with Gasteiger partial charge in [-0.2, -0.15) is 0 Å². The second-order valence-corrected chi connectivity index (χ2v) is 7.78. The lowest BCUT2D eigenvalue weighted by Crippen LogP contribution is -2.41. The van der Waals surface area contributed by atoms with Crippen LogP contribution >= 0.6 is 0 Å². The Morgan fingerprint density at radius 1 is 1.13 bits per heavy atom. The highest BCUT2D eigenvalue weighted by Gasteiger charge is 2.25. The van der Waals surface area contributed by atoms with Gasteiger partial charge in [-0.3, -0.25) is 14.6 Å². The quantitative estimate of drug-likeness (QED) is 0.672. The Bertz CT molecular complexity index is 1140. The van der Waals surface area contributed by atoms with E-state index in [-0.39, 0.29) is 12.3 Å². The topological polar surface area (TPSA) is 104 Å². The van der Waals surface area contributed by atoms with Crippen molar-refractivity contribution >= 4 is 5.91 Å². The number of piperidine rings is 1. The van der Waals surface area contributed by atoms with E-state index >= 15 is 0 Å². The molecule has 1 amide bonds. The first-order valence-corrected chi connectivity index (χ1v) is 10.2. The van der Waals surface area contributed by atoms with Crippen LogP contribution in [0.15, 0.2) is 52.3 Å². The number of hydrogen-bond acceptors (Lipinski definition) is 4. The Labute approximate surface area is 173 Å². The van der Waals surface area contributed by atoms with Crippen LogP contribution < -0.4 is 11.2 Å². The van der Waals surface area contributed by atoms with Gasteiger partial charge in [0.25, 0.3) is 5.56 Å². The summed E-state index contributed by atoms with van der Waals surface area (Å²) in [5.74, 6) is 1.34. The summed E-state index contributed by atoms with van der Waals surface area (Å²) in [7, 11) is 0. The van der Waals surface area contributed by atoms with Crippen LogP contribution in [0, 0.1) is 12.8 Å². The predicted molar refractivity (Wildman–Crippen MR) is 113 cm³/mol. The van der Waals surface area contributed by atoms with Crippen LogP contribution in [-0.2, 0) is 17.8 Å². The molecule has 1 fully saturated rings. The van der Waals surface area contributed by atoms with E-state index in [1.54, 1.807) is 6.92 Å². The molecule has 0 bridgehead atoms. The summed E-state index contributed by atoms with van der Waals surface area (Å²) in [6, 6.07) is 10.1. The van der Waals surface area contributed by atoms with Crippen molar-refractivity contribution in [3.05, 3.63) is 74.8 Å². The fourth-order valence-electron chi connectivity index (χ4n) is 4.05. The number of H-pyrrole nitrogens is 2. The number of amides is 1. The highest BCUT2D eigenvalue weighted by atomic mass is 16.2. The number of aromatic nitrogens is 4. The van der Waals surface area contributed by atoms with Gasteiger partial charge >= 0.3 is 5.69 Å². The summed E-state index contributed by atoms with van der Waals surface area (Å²) in [5.41, 5.74) is 0.821. The van der Waals surface area contributed by atoms with E-state index in [4.69, 9.17) is 0 Å². The van der Waals surface area contributed by atoms with Crippen molar-refractivity contribution in [1.29, 1.82) is 0 Å². The number of likely N-dealkylation sites (tertiary alicyclic amines) is 1. The van der Waals surface area contributed by atoms with Crippen molar-refractivity contribution < 1.29 is 4.79 Å². The molecular weight excluding hydrogens is 382 g/mol. The van der Waals surface area contributed by atoms with E-state index < -0.39 is 11.2 Å². The molecule has 8 nitrogen and oxygen atoms in total. The Morgan fingerprint density at radius 3 is 2.57 bits per heavy atom. The van der Waals surface area contributed by atoms with E-state index in [1.165, 1.54) is 0 Å². The minimum absolute atomic E-state index is 0.00227. The molecule has 1 aromatic carbocycles. The Morgan fingerprint density at radius 2 is 1.87 bits per heavy atom. The van der Waals surface area contributed by atoms with Crippen molar-refractivity contribution in [2.24, 2.45) is 5.92 Å².